The SMILES string of the molecule is CCCCN1CCC(NC(C)c2ccc(SC)cc2)CC1. The van der Waals surface area contributed by atoms with E-state index in [1.54, 1.807) is 11.8 Å². The number of thioether (sulfide) groups is 1. The average Bonchev–Trinajstić information content (AvgIpc) is 2.54. The van der Waals surface area contributed by atoms with Gasteiger partial charge in [0.2, 0.25) is 0 Å². The van der Waals surface area contributed by atoms with E-state index in [2.05, 4.69) is 54.6 Å². The third-order valence-corrected chi connectivity index (χ3v) is 5.26. The van der Waals surface area contributed by atoms with Crippen LogP contribution in [0.4, 0.5) is 0 Å². The predicted octanol–water partition coefficient (Wildman–Crippen LogP) is 4.32. The van der Waals surface area contributed by atoms with Crippen LogP contribution in [-0.4, -0.2) is 36.8 Å². The van der Waals surface area contributed by atoms with Crippen LogP contribution in [0.1, 0.15) is 51.1 Å². The molecule has 21 heavy (non-hydrogen) atoms. The molecule has 0 spiro atoms. The monoisotopic (exact) mass is 306 g/mol. The Morgan fingerprint density at radius 3 is 2.48 bits per heavy atom. The second kappa shape index (κ2) is 8.82. The Morgan fingerprint density at radius 2 is 1.90 bits per heavy atom. The van der Waals surface area contributed by atoms with Gasteiger partial charge in [-0.15, -0.1) is 11.8 Å². The highest BCUT2D eigenvalue weighted by molar-refractivity contribution is 7.98. The largest absolute Gasteiger partial charge is 0.307 e. The first-order valence-electron chi connectivity index (χ1n) is 8.35. The Balaban J connectivity index is 1.76. The number of likely N-dealkylation sites (tertiary alicyclic amines) is 1. The fourth-order valence-electron chi connectivity index (χ4n) is 3.05. The van der Waals surface area contributed by atoms with Crippen LogP contribution in [0.5, 0.6) is 0 Å². The van der Waals surface area contributed by atoms with Gasteiger partial charge < -0.3 is 10.2 Å². The molecule has 1 atom stereocenters. The molecule has 0 aromatic heterocycles. The van der Waals surface area contributed by atoms with Gasteiger partial charge in [0.1, 0.15) is 0 Å². The second-order valence-corrected chi connectivity index (χ2v) is 7.01. The Morgan fingerprint density at radius 1 is 1.24 bits per heavy atom. The van der Waals surface area contributed by atoms with Crippen molar-refractivity contribution in [2.75, 3.05) is 25.9 Å². The summed E-state index contributed by atoms with van der Waals surface area (Å²) < 4.78 is 0. The summed E-state index contributed by atoms with van der Waals surface area (Å²) in [5.74, 6) is 0. The number of benzene rings is 1. The lowest BCUT2D eigenvalue weighted by atomic mass is 10.0. The summed E-state index contributed by atoms with van der Waals surface area (Å²) >= 11 is 1.81. The van der Waals surface area contributed by atoms with Gasteiger partial charge in [-0.05, 0) is 69.8 Å². The standard InChI is InChI=1S/C18H30N2S/c1-4-5-12-20-13-10-17(11-14-20)19-15(2)16-6-8-18(21-3)9-7-16/h6-9,15,17,19H,4-5,10-14H2,1-3H3. The fraction of sp³-hybridized carbons (Fsp3) is 0.667. The molecule has 1 fully saturated rings. The minimum Gasteiger partial charge on any atom is -0.307 e. The maximum atomic E-state index is 3.82. The molecule has 118 valence electrons. The van der Waals surface area contributed by atoms with Gasteiger partial charge in [-0.25, -0.2) is 0 Å². The molecule has 0 radical (unpaired) electrons. The Bertz CT molecular complexity index is 396. The first kappa shape index (κ1) is 16.9. The van der Waals surface area contributed by atoms with Crippen LogP contribution in [0.15, 0.2) is 29.2 Å². The Hall–Kier alpha value is -0.510. The van der Waals surface area contributed by atoms with Gasteiger partial charge >= 0.3 is 0 Å². The summed E-state index contributed by atoms with van der Waals surface area (Å²) in [6.07, 6.45) is 7.36. The van der Waals surface area contributed by atoms with E-state index in [9.17, 15) is 0 Å². The molecule has 0 bridgehead atoms. The van der Waals surface area contributed by atoms with Crippen molar-refractivity contribution in [2.45, 2.75) is 56.5 Å². The third-order valence-electron chi connectivity index (χ3n) is 4.52. The van der Waals surface area contributed by atoms with Gasteiger partial charge in [0.25, 0.3) is 0 Å². The number of unbranched alkanes of at least 4 members (excludes halogenated alkanes) is 1. The topological polar surface area (TPSA) is 15.3 Å². The summed E-state index contributed by atoms with van der Waals surface area (Å²) in [6, 6.07) is 10.1. The molecular weight excluding hydrogens is 276 g/mol. The molecule has 0 saturated carbocycles. The smallest absolute Gasteiger partial charge is 0.0294 e. The summed E-state index contributed by atoms with van der Waals surface area (Å²) in [7, 11) is 0. The highest BCUT2D eigenvalue weighted by Gasteiger charge is 2.20. The van der Waals surface area contributed by atoms with E-state index < -0.39 is 0 Å². The van der Waals surface area contributed by atoms with Crippen LogP contribution < -0.4 is 5.32 Å². The van der Waals surface area contributed by atoms with Crippen LogP contribution in [-0.2, 0) is 0 Å². The fourth-order valence-corrected chi connectivity index (χ4v) is 3.46. The van der Waals surface area contributed by atoms with E-state index in [1.165, 1.54) is 55.8 Å². The molecule has 1 heterocycles. The maximum Gasteiger partial charge on any atom is 0.0294 e. The van der Waals surface area contributed by atoms with Crippen molar-refractivity contribution in [3.8, 4) is 0 Å². The molecule has 1 unspecified atom stereocenters. The zero-order chi connectivity index (χ0) is 15.1. The number of hydrogen-bond acceptors (Lipinski definition) is 3. The van der Waals surface area contributed by atoms with Crippen molar-refractivity contribution in [3.05, 3.63) is 29.8 Å². The van der Waals surface area contributed by atoms with E-state index in [0.29, 0.717) is 12.1 Å². The van der Waals surface area contributed by atoms with Gasteiger partial charge in [0, 0.05) is 17.0 Å². The lowest BCUT2D eigenvalue weighted by molar-refractivity contribution is 0.190. The van der Waals surface area contributed by atoms with Crippen LogP contribution in [0.2, 0.25) is 0 Å². The first-order chi connectivity index (χ1) is 10.2. The van der Waals surface area contributed by atoms with E-state index >= 15 is 0 Å². The molecule has 1 aromatic rings. The van der Waals surface area contributed by atoms with Gasteiger partial charge in [0.15, 0.2) is 0 Å². The van der Waals surface area contributed by atoms with Crippen molar-refractivity contribution in [2.24, 2.45) is 0 Å². The van der Waals surface area contributed by atoms with E-state index in [4.69, 9.17) is 0 Å². The summed E-state index contributed by atoms with van der Waals surface area (Å²) in [4.78, 5) is 3.97. The van der Waals surface area contributed by atoms with Crippen LogP contribution in [0, 0.1) is 0 Å². The zero-order valence-electron chi connectivity index (χ0n) is 13.8. The summed E-state index contributed by atoms with van der Waals surface area (Å²) in [6.45, 7) is 8.37. The van der Waals surface area contributed by atoms with Crippen molar-refractivity contribution in [3.63, 3.8) is 0 Å². The minimum absolute atomic E-state index is 0.452. The molecule has 0 aliphatic carbocycles. The van der Waals surface area contributed by atoms with Crippen LogP contribution in [0.25, 0.3) is 0 Å². The normalized spacial score (nSPS) is 18.8. The molecule has 1 aromatic carbocycles. The first-order valence-corrected chi connectivity index (χ1v) is 9.57. The highest BCUT2D eigenvalue weighted by Crippen LogP contribution is 2.21. The van der Waals surface area contributed by atoms with Gasteiger partial charge in [-0.2, -0.15) is 0 Å². The molecule has 0 amide bonds. The number of piperidine rings is 1. The highest BCUT2D eigenvalue weighted by atomic mass is 32.2. The van der Waals surface area contributed by atoms with E-state index in [-0.39, 0.29) is 0 Å². The van der Waals surface area contributed by atoms with Crippen LogP contribution in [0.3, 0.4) is 0 Å². The number of nitrogens with one attached hydrogen (secondary N) is 1. The van der Waals surface area contributed by atoms with Gasteiger partial charge in [0.05, 0.1) is 0 Å². The number of nitrogens with zero attached hydrogens (tertiary/aromatic N) is 1. The Kier molecular flexibility index (Phi) is 7.08. The second-order valence-electron chi connectivity index (χ2n) is 6.13. The van der Waals surface area contributed by atoms with Crippen LogP contribution >= 0.6 is 11.8 Å². The molecular formula is C18H30N2S. The summed E-state index contributed by atoms with van der Waals surface area (Å²) in [5.41, 5.74) is 1.40. The van der Waals surface area contributed by atoms with Crippen molar-refractivity contribution in [1.29, 1.82) is 0 Å². The molecule has 2 rings (SSSR count). The molecule has 2 nitrogen and oxygen atoms in total. The average molecular weight is 307 g/mol. The predicted molar refractivity (Wildman–Crippen MR) is 94.1 cm³/mol. The molecule has 1 aliphatic heterocycles. The van der Waals surface area contributed by atoms with E-state index in [0.717, 1.165) is 0 Å². The quantitative estimate of drug-likeness (QED) is 0.755. The molecule has 1 aliphatic rings. The number of rotatable bonds is 7. The Labute approximate surface area is 134 Å². The lowest BCUT2D eigenvalue weighted by Crippen LogP contribution is -2.43. The zero-order valence-corrected chi connectivity index (χ0v) is 14.6. The van der Waals surface area contributed by atoms with Crippen molar-refractivity contribution < 1.29 is 0 Å². The third kappa shape index (κ3) is 5.32. The molecule has 1 saturated heterocycles. The lowest BCUT2D eigenvalue weighted by Gasteiger charge is -2.34. The molecule has 1 N–H and O–H groups in total. The van der Waals surface area contributed by atoms with Gasteiger partial charge in [-0.1, -0.05) is 25.5 Å². The van der Waals surface area contributed by atoms with E-state index in [1.807, 2.05) is 0 Å². The number of hydrogen-bond donors (Lipinski definition) is 1. The molecule has 3 heteroatoms. The van der Waals surface area contributed by atoms with Gasteiger partial charge in [-0.3, -0.25) is 0 Å². The summed E-state index contributed by atoms with van der Waals surface area (Å²) in [5, 5.41) is 3.82. The minimum atomic E-state index is 0.452. The maximum absolute atomic E-state index is 3.82. The van der Waals surface area contributed by atoms with Crippen molar-refractivity contribution >= 4 is 11.8 Å². The van der Waals surface area contributed by atoms with Crippen molar-refractivity contribution in [1.82, 2.24) is 10.2 Å².